The summed E-state index contributed by atoms with van der Waals surface area (Å²) < 4.78 is 0. The van der Waals surface area contributed by atoms with E-state index in [0.29, 0.717) is 0 Å². The van der Waals surface area contributed by atoms with Crippen LogP contribution in [-0.4, -0.2) is 7.05 Å². The van der Waals surface area contributed by atoms with E-state index in [1.165, 1.54) is 10.5 Å². The van der Waals surface area contributed by atoms with Gasteiger partial charge < -0.3 is 5.32 Å². The average molecular weight is 229 g/mol. The summed E-state index contributed by atoms with van der Waals surface area (Å²) in [5, 5.41) is 3.15. The maximum atomic E-state index is 3.15. The Morgan fingerprint density at radius 2 is 1.81 bits per heavy atom. The van der Waals surface area contributed by atoms with Gasteiger partial charge in [-0.2, -0.15) is 0 Å². The third-order valence-corrected chi connectivity index (χ3v) is 3.44. The third kappa shape index (κ3) is 3.04. The van der Waals surface area contributed by atoms with Crippen molar-refractivity contribution < 1.29 is 0 Å². The van der Waals surface area contributed by atoms with Gasteiger partial charge in [-0.1, -0.05) is 36.4 Å². The number of anilines is 1. The summed E-state index contributed by atoms with van der Waals surface area (Å²) in [5.41, 5.74) is 2.53. The van der Waals surface area contributed by atoms with Crippen LogP contribution in [0.5, 0.6) is 0 Å². The van der Waals surface area contributed by atoms with Crippen molar-refractivity contribution >= 4 is 17.4 Å². The zero-order valence-electron chi connectivity index (χ0n) is 9.31. The summed E-state index contributed by atoms with van der Waals surface area (Å²) in [5.74, 6) is 1.02. The summed E-state index contributed by atoms with van der Waals surface area (Å²) in [4.78, 5) is 1.30. The predicted octanol–water partition coefficient (Wildman–Crippen LogP) is 4.02. The summed E-state index contributed by atoms with van der Waals surface area (Å²) in [6.45, 7) is 0. The lowest BCUT2D eigenvalue weighted by Gasteiger charge is -2.04. The molecule has 2 heteroatoms. The van der Waals surface area contributed by atoms with Crippen molar-refractivity contribution in [2.24, 2.45) is 0 Å². The zero-order chi connectivity index (χ0) is 11.2. The number of nitrogens with one attached hydrogen (secondary N) is 1. The van der Waals surface area contributed by atoms with Gasteiger partial charge in [0.25, 0.3) is 0 Å². The van der Waals surface area contributed by atoms with E-state index in [0.717, 1.165) is 11.4 Å². The van der Waals surface area contributed by atoms with E-state index >= 15 is 0 Å². The SMILES string of the molecule is CNc1cccc(SCc2ccccc2)c1. The maximum absolute atomic E-state index is 3.15. The van der Waals surface area contributed by atoms with Gasteiger partial charge in [0.15, 0.2) is 0 Å². The Morgan fingerprint density at radius 1 is 1.00 bits per heavy atom. The van der Waals surface area contributed by atoms with E-state index in [1.54, 1.807) is 0 Å². The largest absolute Gasteiger partial charge is 0.388 e. The van der Waals surface area contributed by atoms with Gasteiger partial charge in [-0.25, -0.2) is 0 Å². The smallest absolute Gasteiger partial charge is 0.0348 e. The van der Waals surface area contributed by atoms with Crippen molar-refractivity contribution in [1.82, 2.24) is 0 Å². The quantitative estimate of drug-likeness (QED) is 0.795. The summed E-state index contributed by atoms with van der Waals surface area (Å²) in [6.07, 6.45) is 0. The number of benzene rings is 2. The Kier molecular flexibility index (Phi) is 3.89. The molecule has 0 saturated carbocycles. The third-order valence-electron chi connectivity index (χ3n) is 2.37. The molecule has 1 nitrogen and oxygen atoms in total. The van der Waals surface area contributed by atoms with E-state index < -0.39 is 0 Å². The molecule has 2 rings (SSSR count). The van der Waals surface area contributed by atoms with E-state index in [1.807, 2.05) is 18.8 Å². The molecule has 16 heavy (non-hydrogen) atoms. The van der Waals surface area contributed by atoms with Crippen LogP contribution < -0.4 is 5.32 Å². The molecule has 0 aromatic heterocycles. The van der Waals surface area contributed by atoms with Gasteiger partial charge in [-0.3, -0.25) is 0 Å². The standard InChI is InChI=1S/C14H15NS/c1-15-13-8-5-9-14(10-13)16-11-12-6-3-2-4-7-12/h2-10,15H,11H2,1H3. The summed E-state index contributed by atoms with van der Waals surface area (Å²) in [7, 11) is 1.95. The van der Waals surface area contributed by atoms with Crippen LogP contribution in [0.15, 0.2) is 59.5 Å². The lowest BCUT2D eigenvalue weighted by molar-refractivity contribution is 1.37. The number of hydrogen-bond donors (Lipinski definition) is 1. The molecule has 0 aliphatic rings. The van der Waals surface area contributed by atoms with E-state index in [-0.39, 0.29) is 0 Å². The fourth-order valence-electron chi connectivity index (χ4n) is 1.48. The number of thioether (sulfide) groups is 1. The maximum Gasteiger partial charge on any atom is 0.0348 e. The minimum atomic E-state index is 1.02. The summed E-state index contributed by atoms with van der Waals surface area (Å²) in [6, 6.07) is 19.0. The van der Waals surface area contributed by atoms with E-state index in [9.17, 15) is 0 Å². The van der Waals surface area contributed by atoms with Crippen LogP contribution in [0.3, 0.4) is 0 Å². The Morgan fingerprint density at radius 3 is 2.56 bits per heavy atom. The topological polar surface area (TPSA) is 12.0 Å². The molecular formula is C14H15NS. The van der Waals surface area contributed by atoms with Gasteiger partial charge in [0.2, 0.25) is 0 Å². The van der Waals surface area contributed by atoms with Gasteiger partial charge in [0.1, 0.15) is 0 Å². The van der Waals surface area contributed by atoms with Gasteiger partial charge in [-0.15, -0.1) is 11.8 Å². The molecule has 82 valence electrons. The van der Waals surface area contributed by atoms with E-state index in [4.69, 9.17) is 0 Å². The highest BCUT2D eigenvalue weighted by Crippen LogP contribution is 2.24. The average Bonchev–Trinajstić information content (AvgIpc) is 2.38. The second-order valence-corrected chi connectivity index (χ2v) is 4.60. The molecule has 0 unspecified atom stereocenters. The molecule has 0 aliphatic carbocycles. The molecule has 2 aromatic rings. The van der Waals surface area contributed by atoms with Crippen LogP contribution in [0.4, 0.5) is 5.69 Å². The molecule has 0 heterocycles. The van der Waals surface area contributed by atoms with Crippen molar-refractivity contribution in [3.63, 3.8) is 0 Å². The van der Waals surface area contributed by atoms with Crippen molar-refractivity contribution in [1.29, 1.82) is 0 Å². The normalized spacial score (nSPS) is 10.1. The molecule has 0 saturated heterocycles. The van der Waals surface area contributed by atoms with Crippen molar-refractivity contribution in [3.8, 4) is 0 Å². The molecule has 0 radical (unpaired) electrons. The van der Waals surface area contributed by atoms with Crippen LogP contribution in [0.1, 0.15) is 5.56 Å². The minimum absolute atomic E-state index is 1.02. The van der Waals surface area contributed by atoms with Crippen LogP contribution in [0.2, 0.25) is 0 Å². The zero-order valence-corrected chi connectivity index (χ0v) is 10.1. The predicted molar refractivity (Wildman–Crippen MR) is 72.0 cm³/mol. The second-order valence-electron chi connectivity index (χ2n) is 3.55. The molecule has 1 N–H and O–H groups in total. The summed E-state index contributed by atoms with van der Waals surface area (Å²) >= 11 is 1.86. The van der Waals surface area contributed by atoms with Gasteiger partial charge >= 0.3 is 0 Å². The number of hydrogen-bond acceptors (Lipinski definition) is 2. The molecule has 0 fully saturated rings. The van der Waals surface area contributed by atoms with Crippen molar-refractivity contribution in [2.75, 3.05) is 12.4 Å². The first-order chi connectivity index (χ1) is 7.88. The Balaban J connectivity index is 1.99. The van der Waals surface area contributed by atoms with Crippen molar-refractivity contribution in [3.05, 3.63) is 60.2 Å². The Hall–Kier alpha value is -1.41. The first-order valence-electron chi connectivity index (χ1n) is 5.33. The molecule has 0 amide bonds. The van der Waals surface area contributed by atoms with Crippen LogP contribution in [-0.2, 0) is 5.75 Å². The highest BCUT2D eigenvalue weighted by atomic mass is 32.2. The first kappa shape index (κ1) is 11.1. The number of rotatable bonds is 4. The van der Waals surface area contributed by atoms with Crippen LogP contribution in [0.25, 0.3) is 0 Å². The van der Waals surface area contributed by atoms with Crippen LogP contribution in [0, 0.1) is 0 Å². The lowest BCUT2D eigenvalue weighted by atomic mass is 10.2. The fourth-order valence-corrected chi connectivity index (χ4v) is 2.39. The molecule has 0 bridgehead atoms. The lowest BCUT2D eigenvalue weighted by Crippen LogP contribution is -1.87. The minimum Gasteiger partial charge on any atom is -0.388 e. The highest BCUT2D eigenvalue weighted by Gasteiger charge is 1.96. The van der Waals surface area contributed by atoms with Gasteiger partial charge in [0.05, 0.1) is 0 Å². The first-order valence-corrected chi connectivity index (χ1v) is 6.31. The molecule has 0 spiro atoms. The molecule has 2 aromatic carbocycles. The van der Waals surface area contributed by atoms with Crippen molar-refractivity contribution in [2.45, 2.75) is 10.6 Å². The molecule has 0 aliphatic heterocycles. The Labute approximate surface area is 101 Å². The second kappa shape index (κ2) is 5.61. The van der Waals surface area contributed by atoms with Crippen LogP contribution >= 0.6 is 11.8 Å². The highest BCUT2D eigenvalue weighted by molar-refractivity contribution is 7.98. The fraction of sp³-hybridized carbons (Fsp3) is 0.143. The van der Waals surface area contributed by atoms with Gasteiger partial charge in [-0.05, 0) is 23.8 Å². The molecular weight excluding hydrogens is 214 g/mol. The van der Waals surface area contributed by atoms with Gasteiger partial charge in [0, 0.05) is 23.4 Å². The molecule has 0 atom stereocenters. The monoisotopic (exact) mass is 229 g/mol. The van der Waals surface area contributed by atoms with E-state index in [2.05, 4.69) is 59.9 Å². The Bertz CT molecular complexity index is 439.